The van der Waals surface area contributed by atoms with E-state index in [2.05, 4.69) is 60.6 Å². The summed E-state index contributed by atoms with van der Waals surface area (Å²) in [7, 11) is -0.725. The molecule has 9 N–H and O–H groups in total. The summed E-state index contributed by atoms with van der Waals surface area (Å²) in [5.74, 6) is -1.74. The Bertz CT molecular complexity index is 2050. The summed E-state index contributed by atoms with van der Waals surface area (Å²) in [5.41, 5.74) is -5.16. The summed E-state index contributed by atoms with van der Waals surface area (Å²) < 4.78 is 48.0. The van der Waals surface area contributed by atoms with Crippen LogP contribution >= 0.6 is 0 Å². The van der Waals surface area contributed by atoms with Crippen LogP contribution in [-0.4, -0.2) is 204 Å². The first-order chi connectivity index (χ1) is 34.4. The van der Waals surface area contributed by atoms with Gasteiger partial charge in [-0.15, -0.1) is 0 Å². The van der Waals surface area contributed by atoms with Crippen LogP contribution in [0.1, 0.15) is 124 Å². The molecule has 4 aliphatic rings. The van der Waals surface area contributed by atoms with Gasteiger partial charge in [0.1, 0.15) is 52.1 Å². The summed E-state index contributed by atoms with van der Waals surface area (Å²) in [6.07, 6.45) is -9.76. The molecular weight excluding hydrogens is 1010 g/mol. The maximum Gasteiger partial charge on any atom is 0.422 e. The molecule has 3 aliphatic heterocycles. The second-order valence-corrected chi connectivity index (χ2v) is 31.1. The number of hydrazine groups is 1. The predicted molar refractivity (Wildman–Crippen MR) is 281 cm³/mol. The standard InChI is InChI=1S/C51H93N7O17Si/c1-45(2,3)72-41(62)54-30-21-20-29(25-52-22-23-69-76(18,19)49(13,14)15)70-36(30)33-31(55-42(63)73-46(4,5)6)24-32(53-40(61)51(67)26-58(27-51)56-43(64)74-47(7,8)9)37(34(33)59)71-39-35(60)38(50(16,66)28-68-39)57(17)44(65)75-48(10,11)12/h20,30-39,52,59-60,66-67H,21-28H2,1-19H3,(H,53,61)(H,54,62)(H,55,63)(H,56,64)/t30-,31+,32-,33-,34+,35-,36?,37+,38-,39-,50+/m1/s1. The third-order valence-corrected chi connectivity index (χ3v) is 18.0. The van der Waals surface area contributed by atoms with E-state index in [9.17, 15) is 44.4 Å². The summed E-state index contributed by atoms with van der Waals surface area (Å²) >= 11 is 0. The molecule has 0 aromatic rings. The SMILES string of the molecule is CN(C(=O)OC(C)(C)C)[C@@H]1[C@@H](O)[C@@H](O[C@@H]2[C@@H](O)[C@H](C3OC(CNCCO[Si](C)(C)C(C)(C)C)=CC[C@H]3NC(=O)OC(C)(C)C)[C@@H](NC(=O)OC(C)(C)C)C[C@H]2NC(=O)C2(O)CN(NC(=O)OC(C)(C)C)C2)OC[C@]1(C)O. The summed E-state index contributed by atoms with van der Waals surface area (Å²) in [4.78, 5) is 68.8. The third-order valence-electron chi connectivity index (χ3n) is 13.5. The van der Waals surface area contributed by atoms with Crippen molar-refractivity contribution in [2.75, 3.05) is 46.4 Å². The van der Waals surface area contributed by atoms with E-state index < -0.39 is 140 Å². The number of nitrogens with one attached hydrogen (secondary N) is 5. The number of nitrogens with zero attached hydrogens (tertiary/aromatic N) is 2. The normalized spacial score (nSPS) is 29.5. The lowest BCUT2D eigenvalue weighted by Gasteiger charge is -2.52. The number of amides is 5. The Morgan fingerprint density at radius 2 is 1.29 bits per heavy atom. The fraction of sp³-hybridized carbons (Fsp3) is 0.863. The zero-order valence-corrected chi connectivity index (χ0v) is 49.5. The molecule has 1 saturated carbocycles. The Hall–Kier alpha value is -4.05. The zero-order chi connectivity index (χ0) is 57.9. The average molecular weight is 1100 g/mol. The number of rotatable bonds is 15. The Labute approximate surface area is 450 Å². The molecule has 3 fully saturated rings. The van der Waals surface area contributed by atoms with Gasteiger partial charge < -0.3 is 84.2 Å². The van der Waals surface area contributed by atoms with E-state index in [0.717, 1.165) is 4.90 Å². The van der Waals surface area contributed by atoms with Crippen molar-refractivity contribution in [1.82, 2.24) is 36.6 Å². The second kappa shape index (κ2) is 24.1. The van der Waals surface area contributed by atoms with E-state index in [-0.39, 0.29) is 37.5 Å². The maximum atomic E-state index is 14.3. The van der Waals surface area contributed by atoms with Crippen LogP contribution in [-0.2, 0) is 42.4 Å². The highest BCUT2D eigenvalue weighted by atomic mass is 28.4. The van der Waals surface area contributed by atoms with Gasteiger partial charge >= 0.3 is 24.4 Å². The fourth-order valence-electron chi connectivity index (χ4n) is 9.04. The van der Waals surface area contributed by atoms with Gasteiger partial charge in [-0.1, -0.05) is 20.8 Å². The molecule has 0 bridgehead atoms. The van der Waals surface area contributed by atoms with Gasteiger partial charge in [-0.05, 0) is 127 Å². The monoisotopic (exact) mass is 1100 g/mol. The van der Waals surface area contributed by atoms with Crippen LogP contribution in [0.15, 0.2) is 11.8 Å². The van der Waals surface area contributed by atoms with Crippen molar-refractivity contribution in [2.45, 2.75) is 230 Å². The summed E-state index contributed by atoms with van der Waals surface area (Å²) in [6, 6.07) is -4.82. The summed E-state index contributed by atoms with van der Waals surface area (Å²) in [6.45, 7) is 32.1. The number of carbonyl (C=O) groups is 5. The minimum absolute atomic E-state index is 0.00311. The number of likely N-dealkylation sites (N-methyl/N-ethyl adjacent to an activating group) is 1. The van der Waals surface area contributed by atoms with Crippen LogP contribution in [0.25, 0.3) is 0 Å². The van der Waals surface area contributed by atoms with E-state index in [0.29, 0.717) is 18.9 Å². The highest BCUT2D eigenvalue weighted by molar-refractivity contribution is 6.74. The van der Waals surface area contributed by atoms with E-state index in [1.54, 1.807) is 89.2 Å². The van der Waals surface area contributed by atoms with Crippen molar-refractivity contribution < 1.29 is 82.0 Å². The van der Waals surface area contributed by atoms with Gasteiger partial charge in [0, 0.05) is 32.2 Å². The number of aliphatic hydroxyl groups is 4. The molecule has 24 nitrogen and oxygen atoms in total. The topological polar surface area (TPSA) is 307 Å². The van der Waals surface area contributed by atoms with Gasteiger partial charge in [0.25, 0.3) is 5.91 Å². The summed E-state index contributed by atoms with van der Waals surface area (Å²) in [5, 5.41) is 61.6. The Morgan fingerprint density at radius 3 is 1.82 bits per heavy atom. The molecule has 438 valence electrons. The molecule has 76 heavy (non-hydrogen) atoms. The Balaban J connectivity index is 1.79. The van der Waals surface area contributed by atoms with Gasteiger partial charge in [-0.3, -0.25) is 10.2 Å². The molecule has 1 aliphatic carbocycles. The average Bonchev–Trinajstić information content (AvgIpc) is 3.19. The van der Waals surface area contributed by atoms with Crippen molar-refractivity contribution in [1.29, 1.82) is 0 Å². The zero-order valence-electron chi connectivity index (χ0n) is 48.5. The number of β-amino-alcohol motifs (C(OH)–C–C–N with tert-alkyl or cyclic N) is 1. The Kier molecular flexibility index (Phi) is 20.5. The number of ether oxygens (including phenoxy) is 7. The van der Waals surface area contributed by atoms with E-state index in [1.807, 2.05) is 0 Å². The molecule has 11 atom stereocenters. The van der Waals surface area contributed by atoms with E-state index in [1.165, 1.54) is 19.0 Å². The molecular formula is C51H93N7O17Si. The lowest BCUT2D eigenvalue weighted by Crippen LogP contribution is -2.75. The largest absolute Gasteiger partial charge is 0.491 e. The number of carbonyl (C=O) groups excluding carboxylic acids is 5. The van der Waals surface area contributed by atoms with Crippen LogP contribution in [0.3, 0.4) is 0 Å². The van der Waals surface area contributed by atoms with E-state index >= 15 is 0 Å². The van der Waals surface area contributed by atoms with Crippen molar-refractivity contribution in [3.63, 3.8) is 0 Å². The number of alkyl carbamates (subject to hydrolysis) is 2. The molecule has 0 aromatic carbocycles. The van der Waals surface area contributed by atoms with Crippen molar-refractivity contribution in [3.8, 4) is 0 Å². The van der Waals surface area contributed by atoms with Crippen LogP contribution in [0.2, 0.25) is 18.1 Å². The van der Waals surface area contributed by atoms with Crippen LogP contribution in [0.4, 0.5) is 19.2 Å². The highest BCUT2D eigenvalue weighted by Gasteiger charge is 2.58. The van der Waals surface area contributed by atoms with Crippen molar-refractivity contribution in [2.24, 2.45) is 5.92 Å². The van der Waals surface area contributed by atoms with Crippen LogP contribution in [0, 0.1) is 5.92 Å². The number of hydrogen-bond donors (Lipinski definition) is 9. The molecule has 1 unspecified atom stereocenters. The minimum atomic E-state index is -2.10. The van der Waals surface area contributed by atoms with Gasteiger partial charge in [-0.2, -0.15) is 0 Å². The lowest BCUT2D eigenvalue weighted by molar-refractivity contribution is -0.306. The molecule has 25 heteroatoms. The molecule has 0 aromatic heterocycles. The highest BCUT2D eigenvalue weighted by Crippen LogP contribution is 2.40. The van der Waals surface area contributed by atoms with Crippen LogP contribution < -0.4 is 26.7 Å². The third kappa shape index (κ3) is 18.3. The first kappa shape index (κ1) is 64.5. The first-order valence-electron chi connectivity index (χ1n) is 26.2. The predicted octanol–water partition coefficient (Wildman–Crippen LogP) is 3.50. The second-order valence-electron chi connectivity index (χ2n) is 26.3. The Morgan fingerprint density at radius 1 is 0.763 bits per heavy atom. The van der Waals surface area contributed by atoms with Crippen LogP contribution in [0.5, 0.6) is 0 Å². The van der Waals surface area contributed by atoms with E-state index in [4.69, 9.17) is 37.6 Å². The van der Waals surface area contributed by atoms with Crippen molar-refractivity contribution in [3.05, 3.63) is 11.8 Å². The molecule has 3 heterocycles. The van der Waals surface area contributed by atoms with Gasteiger partial charge in [0.15, 0.2) is 20.2 Å². The smallest absolute Gasteiger partial charge is 0.422 e. The molecule has 5 amide bonds. The van der Waals surface area contributed by atoms with Gasteiger partial charge in [0.05, 0.1) is 50.5 Å². The lowest BCUT2D eigenvalue weighted by atomic mass is 9.72. The quantitative estimate of drug-likeness (QED) is 0.0644. The number of aliphatic hydroxyl groups excluding tert-OH is 2. The van der Waals surface area contributed by atoms with Gasteiger partial charge in [0.2, 0.25) is 0 Å². The molecule has 2 saturated heterocycles. The first-order valence-corrected chi connectivity index (χ1v) is 29.1. The minimum Gasteiger partial charge on any atom is -0.491 e. The molecule has 0 spiro atoms. The fourth-order valence-corrected chi connectivity index (χ4v) is 10.1. The van der Waals surface area contributed by atoms with Crippen molar-refractivity contribution >= 4 is 38.6 Å². The molecule has 0 radical (unpaired) electrons. The maximum absolute atomic E-state index is 14.3. The molecule has 4 rings (SSSR count). The van der Waals surface area contributed by atoms with Gasteiger partial charge in [-0.25, -0.2) is 24.2 Å². The number of hydrogen-bond acceptors (Lipinski definition) is 19.